The highest BCUT2D eigenvalue weighted by atomic mass is 19.1. The summed E-state index contributed by atoms with van der Waals surface area (Å²) in [5.41, 5.74) is 0.959. The molecule has 198 valence electrons. The standard InChI is InChI=1S/C31H28F2N4O2/c1-3-20-24(32)7-6-18-13-19(38)14-22(25(18)20)28-26(33)29-23(15-34-28)27(21-12-17(21)2)35-30(36-29)39-16-31-8-4-10-37(31)11-5-9-31/h1,6-7,13-15,17,21,38H,4-5,8-12,16H2,2H3. The molecule has 0 amide bonds. The molecule has 0 spiro atoms. The van der Waals surface area contributed by atoms with Crippen molar-refractivity contribution in [2.75, 3.05) is 19.7 Å². The van der Waals surface area contributed by atoms with Crippen molar-refractivity contribution in [3.05, 3.63) is 53.4 Å². The second-order valence-electron chi connectivity index (χ2n) is 11.3. The summed E-state index contributed by atoms with van der Waals surface area (Å²) in [4.78, 5) is 16.2. The van der Waals surface area contributed by atoms with Crippen molar-refractivity contribution in [3.63, 3.8) is 0 Å². The first-order valence-electron chi connectivity index (χ1n) is 13.5. The number of hydrogen-bond donors (Lipinski definition) is 1. The Hall–Kier alpha value is -3.83. The average Bonchev–Trinajstić information content (AvgIpc) is 3.32. The van der Waals surface area contributed by atoms with Crippen molar-refractivity contribution < 1.29 is 18.6 Å². The molecule has 7 rings (SSSR count). The van der Waals surface area contributed by atoms with E-state index < -0.39 is 11.6 Å². The van der Waals surface area contributed by atoms with E-state index >= 15 is 4.39 Å². The monoisotopic (exact) mass is 526 g/mol. The van der Waals surface area contributed by atoms with Gasteiger partial charge in [0.2, 0.25) is 0 Å². The molecule has 4 heterocycles. The molecule has 1 aliphatic carbocycles. The van der Waals surface area contributed by atoms with E-state index in [0.717, 1.165) is 50.9 Å². The highest BCUT2D eigenvalue weighted by Gasteiger charge is 2.45. The molecule has 2 aromatic carbocycles. The number of halogens is 2. The number of aromatic nitrogens is 3. The molecule has 2 aromatic heterocycles. The van der Waals surface area contributed by atoms with Crippen LogP contribution in [-0.2, 0) is 0 Å². The summed E-state index contributed by atoms with van der Waals surface area (Å²) in [6.45, 7) is 4.77. The maximum Gasteiger partial charge on any atom is 0.317 e. The molecular weight excluding hydrogens is 498 g/mol. The lowest BCUT2D eigenvalue weighted by Gasteiger charge is -2.31. The summed E-state index contributed by atoms with van der Waals surface area (Å²) < 4.78 is 37.3. The molecule has 2 unspecified atom stereocenters. The molecule has 39 heavy (non-hydrogen) atoms. The summed E-state index contributed by atoms with van der Waals surface area (Å²) in [7, 11) is 0. The molecule has 6 nitrogen and oxygen atoms in total. The van der Waals surface area contributed by atoms with Gasteiger partial charge in [-0.15, -0.1) is 6.42 Å². The molecule has 3 aliphatic rings. The fourth-order valence-electron chi connectivity index (χ4n) is 6.71. The van der Waals surface area contributed by atoms with Gasteiger partial charge in [0.1, 0.15) is 29.4 Å². The summed E-state index contributed by atoms with van der Waals surface area (Å²) in [6, 6.07) is 5.73. The van der Waals surface area contributed by atoms with Gasteiger partial charge in [0, 0.05) is 28.5 Å². The van der Waals surface area contributed by atoms with E-state index in [2.05, 4.69) is 27.7 Å². The molecule has 1 N–H and O–H groups in total. The Labute approximate surface area is 225 Å². The second-order valence-corrected chi connectivity index (χ2v) is 11.3. The van der Waals surface area contributed by atoms with Crippen LogP contribution in [-0.4, -0.2) is 50.2 Å². The lowest BCUT2D eigenvalue weighted by Crippen LogP contribution is -2.43. The van der Waals surface area contributed by atoms with Crippen LogP contribution in [0.5, 0.6) is 11.8 Å². The Morgan fingerprint density at radius 3 is 2.67 bits per heavy atom. The molecule has 2 saturated heterocycles. The highest BCUT2D eigenvalue weighted by molar-refractivity contribution is 6.02. The minimum Gasteiger partial charge on any atom is -0.508 e. The van der Waals surface area contributed by atoms with Crippen LogP contribution in [0.4, 0.5) is 8.78 Å². The van der Waals surface area contributed by atoms with Crippen molar-refractivity contribution in [2.45, 2.75) is 50.5 Å². The predicted octanol–water partition coefficient (Wildman–Crippen LogP) is 5.94. The Bertz CT molecular complexity index is 1690. The van der Waals surface area contributed by atoms with E-state index in [4.69, 9.17) is 16.1 Å². The number of hydrogen-bond acceptors (Lipinski definition) is 6. The van der Waals surface area contributed by atoms with Gasteiger partial charge in [0.05, 0.1) is 16.8 Å². The first-order valence-corrected chi connectivity index (χ1v) is 13.5. The number of nitrogens with zero attached hydrogens (tertiary/aromatic N) is 4. The molecule has 2 atom stereocenters. The Balaban J connectivity index is 1.38. The maximum absolute atomic E-state index is 16.4. The third-order valence-corrected chi connectivity index (χ3v) is 8.89. The lowest BCUT2D eigenvalue weighted by molar-refractivity contribution is 0.107. The number of terminal acetylenes is 1. The zero-order valence-corrected chi connectivity index (χ0v) is 21.7. The van der Waals surface area contributed by atoms with Gasteiger partial charge in [-0.05, 0) is 74.7 Å². The normalized spacial score (nSPS) is 21.8. The molecular formula is C31H28F2N4O2. The summed E-state index contributed by atoms with van der Waals surface area (Å²) >= 11 is 0. The van der Waals surface area contributed by atoms with E-state index in [1.54, 1.807) is 6.20 Å². The largest absolute Gasteiger partial charge is 0.508 e. The zero-order chi connectivity index (χ0) is 26.9. The van der Waals surface area contributed by atoms with Crippen LogP contribution in [0.25, 0.3) is 32.9 Å². The van der Waals surface area contributed by atoms with Crippen LogP contribution >= 0.6 is 0 Å². The maximum atomic E-state index is 16.4. The van der Waals surface area contributed by atoms with Crippen molar-refractivity contribution in [3.8, 4) is 35.4 Å². The van der Waals surface area contributed by atoms with Gasteiger partial charge in [-0.3, -0.25) is 9.88 Å². The van der Waals surface area contributed by atoms with Crippen molar-refractivity contribution >= 4 is 21.7 Å². The van der Waals surface area contributed by atoms with Gasteiger partial charge in [-0.1, -0.05) is 18.9 Å². The van der Waals surface area contributed by atoms with Crippen molar-refractivity contribution in [1.82, 2.24) is 19.9 Å². The number of ether oxygens (including phenoxy) is 1. The Morgan fingerprint density at radius 1 is 1.18 bits per heavy atom. The quantitative estimate of drug-likeness (QED) is 0.325. The first kappa shape index (κ1) is 24.2. The number of phenols is 1. The molecule has 4 aromatic rings. The lowest BCUT2D eigenvalue weighted by atomic mass is 9.95. The molecule has 3 fully saturated rings. The van der Waals surface area contributed by atoms with Gasteiger partial charge in [0.15, 0.2) is 5.82 Å². The zero-order valence-electron chi connectivity index (χ0n) is 21.7. The van der Waals surface area contributed by atoms with Gasteiger partial charge in [0.25, 0.3) is 0 Å². The summed E-state index contributed by atoms with van der Waals surface area (Å²) in [5.74, 6) is 1.59. The highest BCUT2D eigenvalue weighted by Crippen LogP contribution is 2.49. The summed E-state index contributed by atoms with van der Waals surface area (Å²) in [5, 5.41) is 11.7. The Kier molecular flexibility index (Phi) is 5.50. The average molecular weight is 527 g/mol. The van der Waals surface area contributed by atoms with E-state index in [1.807, 2.05) is 0 Å². The van der Waals surface area contributed by atoms with Gasteiger partial charge >= 0.3 is 6.01 Å². The molecule has 0 bridgehead atoms. The smallest absolute Gasteiger partial charge is 0.317 e. The minimum atomic E-state index is -0.685. The molecule has 0 radical (unpaired) electrons. The van der Waals surface area contributed by atoms with Crippen LogP contribution in [0.3, 0.4) is 0 Å². The van der Waals surface area contributed by atoms with Gasteiger partial charge in [-0.25, -0.2) is 8.78 Å². The minimum absolute atomic E-state index is 0.00345. The van der Waals surface area contributed by atoms with Crippen LogP contribution in [0.1, 0.15) is 56.2 Å². The van der Waals surface area contributed by atoms with Crippen molar-refractivity contribution in [2.24, 2.45) is 5.92 Å². The van der Waals surface area contributed by atoms with Crippen molar-refractivity contribution in [1.29, 1.82) is 0 Å². The fourth-order valence-corrected chi connectivity index (χ4v) is 6.71. The number of phenolic OH excluding ortho intramolecular Hbond substituents is 1. The third-order valence-electron chi connectivity index (χ3n) is 8.89. The van der Waals surface area contributed by atoms with Crippen LogP contribution in [0, 0.1) is 29.9 Å². The van der Waals surface area contributed by atoms with Crippen LogP contribution in [0.15, 0.2) is 30.5 Å². The van der Waals surface area contributed by atoms with E-state index in [9.17, 15) is 9.50 Å². The van der Waals surface area contributed by atoms with E-state index in [0.29, 0.717) is 28.7 Å². The van der Waals surface area contributed by atoms with E-state index in [-0.39, 0.29) is 45.6 Å². The predicted molar refractivity (Wildman–Crippen MR) is 145 cm³/mol. The number of rotatable bonds is 5. The molecule has 2 aliphatic heterocycles. The topological polar surface area (TPSA) is 71.4 Å². The van der Waals surface area contributed by atoms with E-state index in [1.165, 1.54) is 24.3 Å². The molecule has 8 heteroatoms. The fraction of sp³-hybridized carbons (Fsp3) is 0.387. The first-order chi connectivity index (χ1) is 18.9. The number of fused-ring (bicyclic) bond motifs is 3. The SMILES string of the molecule is C#Cc1c(F)ccc2cc(O)cc(-c3ncc4c(C5CC5C)nc(OCC56CCCN5CCC6)nc4c3F)c12. The number of benzene rings is 2. The number of aromatic hydroxyl groups is 1. The Morgan fingerprint density at radius 2 is 1.95 bits per heavy atom. The van der Waals surface area contributed by atoms with Gasteiger partial charge in [-0.2, -0.15) is 9.97 Å². The van der Waals surface area contributed by atoms with Crippen LogP contribution in [0.2, 0.25) is 0 Å². The van der Waals surface area contributed by atoms with Crippen LogP contribution < -0.4 is 4.74 Å². The summed E-state index contributed by atoms with van der Waals surface area (Å²) in [6.07, 6.45) is 12.6. The second kappa shape index (κ2) is 8.85. The van der Waals surface area contributed by atoms with Gasteiger partial charge < -0.3 is 9.84 Å². The third kappa shape index (κ3) is 3.82. The molecule has 1 saturated carbocycles. The number of pyridine rings is 1.